The molecule has 4 heterocycles. The quantitative estimate of drug-likeness (QED) is 0.00795. The van der Waals surface area contributed by atoms with Crippen LogP contribution < -0.4 is 85.4 Å². The Labute approximate surface area is 770 Å². The Morgan fingerprint density at radius 2 is 0.694 bits per heavy atom. The van der Waals surface area contributed by atoms with Crippen LogP contribution in [-0.4, -0.2) is 243 Å². The number of nitrogens with two attached hydrogens (primary N) is 2. The van der Waals surface area contributed by atoms with Gasteiger partial charge in [-0.2, -0.15) is 0 Å². The molecule has 688 valence electrons. The zero-order valence-corrected chi connectivity index (χ0v) is 81.3. The van der Waals surface area contributed by atoms with Gasteiger partial charge in [-0.1, -0.05) is 41.1 Å². The van der Waals surface area contributed by atoms with E-state index in [1.54, 1.807) is 145 Å². The van der Waals surface area contributed by atoms with Gasteiger partial charge in [-0.3, -0.25) is 24.5 Å². The Morgan fingerprint density at radius 1 is 0.452 bits per heavy atom. The first kappa shape index (κ1) is 119. The number of carbonyl (C=O) groups excluding carboxylic acids is 3. The fourth-order valence-corrected chi connectivity index (χ4v) is 11.5. The second-order valence-electron chi connectivity index (χ2n) is 28.9. The van der Waals surface area contributed by atoms with Crippen LogP contribution in [0.15, 0.2) is 81.7 Å². The maximum absolute atomic E-state index is 11.5. The molecule has 0 bridgehead atoms. The molecule has 6 aromatic carbocycles. The van der Waals surface area contributed by atoms with Crippen molar-refractivity contribution in [3.05, 3.63) is 125 Å². The first-order chi connectivity index (χ1) is 57.2. The van der Waals surface area contributed by atoms with Crippen LogP contribution in [0.4, 0.5) is 0 Å². The molecule has 0 amide bonds. The van der Waals surface area contributed by atoms with E-state index in [1.807, 2.05) is 74.4 Å². The van der Waals surface area contributed by atoms with Crippen LogP contribution in [0.2, 0.25) is 0 Å². The number of hydrogen-bond donors (Lipinski definition) is 10. The highest BCUT2D eigenvalue weighted by Gasteiger charge is 2.54. The SMILES string of the molecule is CC(C)(O)C(C)(C)O.CC(C)(O)C(C)(C)O.CCBr.CCOc1c(OC)ccc(C=O)c1B1OC(C)(C)C(C)(C)O1.CCOc1c(OC)ccc(C=O)c1Br.CCOc1c(OC)ccc2c1B(O)OC2CN.CCOc1c(OC)ccc2c1B(O)OC2CN.CCOc1c(OC)ccc2c1B(O)OC2C[N+](=O)[O-].COc1ccc(C=O)c(Br)c1O.Cl.Cl.[B][B]. The molecule has 0 aromatic heterocycles. The first-order valence-corrected chi connectivity index (χ1v) is 41.3. The van der Waals surface area contributed by atoms with Gasteiger partial charge in [0.05, 0.1) is 130 Å². The number of halogens is 5. The third-order valence-corrected chi connectivity index (χ3v) is 20.7. The van der Waals surface area contributed by atoms with E-state index in [4.69, 9.17) is 107 Å². The van der Waals surface area contributed by atoms with E-state index >= 15 is 0 Å². The van der Waals surface area contributed by atoms with Crippen molar-refractivity contribution in [1.82, 2.24) is 0 Å². The second-order valence-corrected chi connectivity index (χ2v) is 31.7. The van der Waals surface area contributed by atoms with E-state index in [2.05, 4.69) is 63.3 Å². The number of methoxy groups -OCH3 is 6. The van der Waals surface area contributed by atoms with Gasteiger partial charge in [0, 0.05) is 77.4 Å². The number of aliphatic hydroxyl groups is 4. The van der Waals surface area contributed by atoms with Crippen LogP contribution in [0, 0.1) is 10.1 Å². The number of nitro groups is 1. The molecule has 0 saturated carbocycles. The van der Waals surface area contributed by atoms with E-state index in [-0.39, 0.29) is 42.8 Å². The fraction of sp³-hybridized carbons (Fsp3) is 0.519. The highest BCUT2D eigenvalue weighted by Crippen LogP contribution is 2.42. The Bertz CT molecular complexity index is 4100. The number of phenols is 1. The number of ether oxygens (including phenoxy) is 11. The molecule has 32 nitrogen and oxygen atoms in total. The van der Waals surface area contributed by atoms with Gasteiger partial charge in [-0.25, -0.2) is 0 Å². The van der Waals surface area contributed by atoms with Crippen LogP contribution in [0.5, 0.6) is 69.0 Å². The van der Waals surface area contributed by atoms with Gasteiger partial charge in [-0.15, -0.1) is 24.8 Å². The number of rotatable bonds is 26. The van der Waals surface area contributed by atoms with Gasteiger partial charge in [0.25, 0.3) is 0 Å². The molecule has 10 rings (SSSR count). The summed E-state index contributed by atoms with van der Waals surface area (Å²) in [5.41, 5.74) is 12.1. The van der Waals surface area contributed by atoms with Gasteiger partial charge < -0.3 is 127 Å². The standard InChI is InChI=1S/C16H23BO5.C11H14BNO6.2C11H16BNO4.C10H11BrO3.C8H7BrO3.2C6H14O2.C2H5Br.B2.2ClH/c1-7-20-14-12(19-6)9-8-11(10-18)13(14)17-21-15(2,3)16(4,5)22-17;1-3-18-11-8(17-2)5-4-7-9(6-13(15)16)19-12(14)10(7)11;2*1-3-16-11-8(15-2)5-4-7-9(6-13)17-12(14)10(7)11;1-3-14-10-8(13-2)5-4-7(6-12)9(10)11;1-12-6-3-2-5(4-10)7(9)8(6)11;2*1-5(2,7)6(3,4)8;1-2-3;1-2;;/h8-10H,7H2,1-6H3;4-5,9,14H,3,6H2,1-2H3;2*4-5,9,14H,3,6,13H2,1-2H3;4-6H,3H2,1-2H3;2-4,11H,1H3;2*7-8H,1-4H3;2H2,1H3;;2*1H. The fourth-order valence-electron chi connectivity index (χ4n) is 10.5. The van der Waals surface area contributed by atoms with Gasteiger partial charge >= 0.3 is 28.5 Å². The van der Waals surface area contributed by atoms with Gasteiger partial charge in [0.15, 0.2) is 81.6 Å². The lowest BCUT2D eigenvalue weighted by molar-refractivity contribution is -0.490. The smallest absolute Gasteiger partial charge is 0.499 e. The van der Waals surface area contributed by atoms with Gasteiger partial charge in [0.2, 0.25) is 6.54 Å². The number of nitrogens with zero attached hydrogens (tertiary/aromatic N) is 1. The molecule has 1 saturated heterocycles. The highest BCUT2D eigenvalue weighted by molar-refractivity contribution is 9.11. The molecule has 0 aliphatic carbocycles. The van der Waals surface area contributed by atoms with Crippen molar-refractivity contribution in [3.63, 3.8) is 0 Å². The summed E-state index contributed by atoms with van der Waals surface area (Å²) in [6.07, 6.45) is 0.859. The number of alkyl halides is 1. The van der Waals surface area contributed by atoms with E-state index in [0.29, 0.717) is 169 Å². The molecule has 0 spiro atoms. The summed E-state index contributed by atoms with van der Waals surface area (Å²) in [6.45, 7) is 34.4. The van der Waals surface area contributed by atoms with E-state index < -0.39 is 79.7 Å². The van der Waals surface area contributed by atoms with Crippen LogP contribution in [0.3, 0.4) is 0 Å². The van der Waals surface area contributed by atoms with Gasteiger partial charge in [-0.05, 0) is 221 Å². The molecule has 1 fully saturated rings. The molecular formula is C81H122B6Br3Cl2N3O29. The van der Waals surface area contributed by atoms with Crippen LogP contribution in [-0.2, 0) is 23.3 Å². The minimum Gasteiger partial charge on any atom is -0.503 e. The Morgan fingerprint density at radius 3 is 0.960 bits per heavy atom. The summed E-state index contributed by atoms with van der Waals surface area (Å²) in [5, 5.41) is 87.2. The summed E-state index contributed by atoms with van der Waals surface area (Å²) < 4.78 is 87.5. The van der Waals surface area contributed by atoms with Crippen molar-refractivity contribution in [3.8, 4) is 69.0 Å². The van der Waals surface area contributed by atoms with Crippen molar-refractivity contribution in [2.45, 2.75) is 177 Å². The molecule has 3 atom stereocenters. The maximum Gasteiger partial charge on any atom is 0.499 e. The largest absolute Gasteiger partial charge is 0.503 e. The van der Waals surface area contributed by atoms with Crippen molar-refractivity contribution in [1.29, 1.82) is 0 Å². The molecule has 4 radical (unpaired) electrons. The topological polar surface area (TPSA) is 456 Å². The Balaban J connectivity index is 0. The molecule has 4 aliphatic heterocycles. The Kier molecular flexibility index (Phi) is 54.3. The molecule has 43 heteroatoms. The van der Waals surface area contributed by atoms with Gasteiger partial charge in [0.1, 0.15) is 12.4 Å². The monoisotopic (exact) mass is 1970 g/mol. The molecule has 4 aliphatic rings. The summed E-state index contributed by atoms with van der Waals surface area (Å²) in [7, 11) is 13.3. The zero-order chi connectivity index (χ0) is 93.8. The third kappa shape index (κ3) is 33.0. The van der Waals surface area contributed by atoms with E-state index in [1.165, 1.54) is 20.3 Å². The number of phenolic OH excluding ortho intramolecular Hbond substituents is 1. The lowest BCUT2D eigenvalue weighted by Crippen LogP contribution is -2.44. The van der Waals surface area contributed by atoms with Crippen molar-refractivity contribution < 1.29 is 135 Å². The molecule has 12 N–H and O–H groups in total. The number of benzene rings is 6. The lowest BCUT2D eigenvalue weighted by Gasteiger charge is -2.32. The number of hydrogen-bond acceptors (Lipinski definition) is 31. The molecule has 6 aromatic rings. The number of aromatic hydroxyl groups is 1. The summed E-state index contributed by atoms with van der Waals surface area (Å²) in [6, 6.07) is 20.5. The predicted molar refractivity (Wildman–Crippen MR) is 498 cm³/mol. The third-order valence-electron chi connectivity index (χ3n) is 19.0. The highest BCUT2D eigenvalue weighted by atomic mass is 79.9. The average Bonchev–Trinajstić information content (AvgIpc) is 1.59. The first-order valence-electron chi connectivity index (χ1n) is 38.6. The van der Waals surface area contributed by atoms with Crippen LogP contribution in [0.1, 0.15) is 191 Å². The minimum atomic E-state index is -1.24. The van der Waals surface area contributed by atoms with Crippen LogP contribution >= 0.6 is 72.6 Å². The predicted octanol–water partition coefficient (Wildman–Crippen LogP) is 9.14. The van der Waals surface area contributed by atoms with Crippen LogP contribution in [0.25, 0.3) is 0 Å². The number of aldehydes is 3. The second kappa shape index (κ2) is 56.5. The molecular weight excluding hydrogens is 1850 g/mol. The van der Waals surface area contributed by atoms with Crippen molar-refractivity contribution >= 4 is 157 Å². The zero-order valence-electron chi connectivity index (χ0n) is 74.9. The Hall–Kier alpha value is -6.82. The average molecular weight is 1980 g/mol. The lowest BCUT2D eigenvalue weighted by atomic mass is 9.75. The molecule has 124 heavy (non-hydrogen) atoms. The number of carbonyl (C=O) groups is 3. The van der Waals surface area contributed by atoms with E-state index in [9.17, 15) is 44.7 Å². The maximum atomic E-state index is 11.5. The van der Waals surface area contributed by atoms with E-state index in [0.717, 1.165) is 29.0 Å². The summed E-state index contributed by atoms with van der Waals surface area (Å²) >= 11 is 9.51. The summed E-state index contributed by atoms with van der Waals surface area (Å²) in [4.78, 5) is 42.6. The van der Waals surface area contributed by atoms with Crippen molar-refractivity contribution in [2.75, 3.05) is 101 Å². The minimum absolute atomic E-state index is 0. The number of fused-ring (bicyclic) bond motifs is 3. The van der Waals surface area contributed by atoms with Crippen molar-refractivity contribution in [2.24, 2.45) is 11.5 Å². The normalized spacial score (nSPS) is 15.0. The molecule has 3 unspecified atom stereocenters. The summed E-state index contributed by atoms with van der Waals surface area (Å²) in [5.74, 6) is 5.61.